The van der Waals surface area contributed by atoms with E-state index >= 15 is 0 Å². The normalized spacial score (nSPS) is 10.0. The lowest BCUT2D eigenvalue weighted by Gasteiger charge is -2.09. The van der Waals surface area contributed by atoms with Crippen molar-refractivity contribution < 1.29 is 14.7 Å². The lowest BCUT2D eigenvalue weighted by Crippen LogP contribution is -2.22. The minimum atomic E-state index is -0.951. The predicted molar refractivity (Wildman–Crippen MR) is 54.7 cm³/mol. The Kier molecular flexibility index (Phi) is 3.49. The van der Waals surface area contributed by atoms with Gasteiger partial charge in [0, 0.05) is 39.5 Å². The molecule has 0 aromatic carbocycles. The summed E-state index contributed by atoms with van der Waals surface area (Å²) >= 11 is 0. The van der Waals surface area contributed by atoms with Crippen LogP contribution in [0.1, 0.15) is 16.8 Å². The van der Waals surface area contributed by atoms with Gasteiger partial charge in [-0.2, -0.15) is 0 Å². The molecule has 5 heteroatoms. The predicted octanol–water partition coefficient (Wildman–Crippen LogP) is 0.665. The smallest absolute Gasteiger partial charge is 0.337 e. The second kappa shape index (κ2) is 4.63. The maximum atomic E-state index is 11.3. The van der Waals surface area contributed by atoms with E-state index in [0.717, 1.165) is 0 Å². The number of carbonyl (C=O) groups is 2. The van der Waals surface area contributed by atoms with Crippen LogP contribution in [0.2, 0.25) is 0 Å². The molecule has 0 aliphatic carbocycles. The van der Waals surface area contributed by atoms with Gasteiger partial charge in [0.25, 0.3) is 0 Å². The monoisotopic (exact) mass is 210 g/mol. The van der Waals surface area contributed by atoms with E-state index in [0.29, 0.717) is 13.0 Å². The van der Waals surface area contributed by atoms with Crippen LogP contribution in [0.3, 0.4) is 0 Å². The third-order valence-corrected chi connectivity index (χ3v) is 2.08. The van der Waals surface area contributed by atoms with Gasteiger partial charge < -0.3 is 14.6 Å². The standard InChI is InChI=1S/C10H14N2O3/c1-11(2)9(13)4-6-12-5-3-8(7-12)10(14)15/h3,5,7H,4,6H2,1-2H3,(H,14,15). The third-order valence-electron chi connectivity index (χ3n) is 2.08. The number of aryl methyl sites for hydroxylation is 1. The van der Waals surface area contributed by atoms with Gasteiger partial charge in [-0.3, -0.25) is 4.79 Å². The van der Waals surface area contributed by atoms with E-state index in [1.165, 1.54) is 17.2 Å². The van der Waals surface area contributed by atoms with E-state index in [9.17, 15) is 9.59 Å². The molecule has 15 heavy (non-hydrogen) atoms. The molecular weight excluding hydrogens is 196 g/mol. The molecule has 5 nitrogen and oxygen atoms in total. The van der Waals surface area contributed by atoms with E-state index < -0.39 is 5.97 Å². The minimum Gasteiger partial charge on any atom is -0.478 e. The second-order valence-corrected chi connectivity index (χ2v) is 3.48. The van der Waals surface area contributed by atoms with Crippen LogP contribution in [0.25, 0.3) is 0 Å². The molecule has 1 N–H and O–H groups in total. The van der Waals surface area contributed by atoms with Crippen molar-refractivity contribution >= 4 is 11.9 Å². The van der Waals surface area contributed by atoms with E-state index in [-0.39, 0.29) is 11.5 Å². The number of carboxylic acids is 1. The molecule has 1 aromatic heterocycles. The fraction of sp³-hybridized carbons (Fsp3) is 0.400. The van der Waals surface area contributed by atoms with Crippen LogP contribution in [-0.4, -0.2) is 40.5 Å². The number of carbonyl (C=O) groups excluding carboxylic acids is 1. The Bertz CT molecular complexity index is 368. The number of amides is 1. The van der Waals surface area contributed by atoms with Gasteiger partial charge in [0.15, 0.2) is 0 Å². The molecule has 1 amide bonds. The van der Waals surface area contributed by atoms with Crippen LogP contribution in [0.4, 0.5) is 0 Å². The Balaban J connectivity index is 2.51. The fourth-order valence-electron chi connectivity index (χ4n) is 1.15. The van der Waals surface area contributed by atoms with Gasteiger partial charge in [-0.1, -0.05) is 0 Å². The summed E-state index contributed by atoms with van der Waals surface area (Å²) in [6.07, 6.45) is 3.55. The molecule has 0 spiro atoms. The average Bonchev–Trinajstić information content (AvgIpc) is 2.62. The summed E-state index contributed by atoms with van der Waals surface area (Å²) in [6.45, 7) is 0.504. The SMILES string of the molecule is CN(C)C(=O)CCn1ccc(C(=O)O)c1. The van der Waals surface area contributed by atoms with Crippen molar-refractivity contribution in [3.8, 4) is 0 Å². The lowest BCUT2D eigenvalue weighted by molar-refractivity contribution is -0.128. The Hall–Kier alpha value is -1.78. The molecule has 82 valence electrons. The Morgan fingerprint density at radius 2 is 2.13 bits per heavy atom. The quantitative estimate of drug-likeness (QED) is 0.794. The fourth-order valence-corrected chi connectivity index (χ4v) is 1.15. The van der Waals surface area contributed by atoms with Crippen molar-refractivity contribution in [1.82, 2.24) is 9.47 Å². The zero-order valence-electron chi connectivity index (χ0n) is 8.80. The first-order chi connectivity index (χ1) is 7.00. The number of nitrogens with zero attached hydrogens (tertiary/aromatic N) is 2. The van der Waals surface area contributed by atoms with Crippen molar-refractivity contribution in [3.05, 3.63) is 24.0 Å². The van der Waals surface area contributed by atoms with Crippen LogP contribution in [0.5, 0.6) is 0 Å². The van der Waals surface area contributed by atoms with Crippen LogP contribution in [0.15, 0.2) is 18.5 Å². The highest BCUT2D eigenvalue weighted by molar-refractivity contribution is 5.87. The first-order valence-electron chi connectivity index (χ1n) is 4.60. The van der Waals surface area contributed by atoms with E-state index in [1.54, 1.807) is 24.9 Å². The Morgan fingerprint density at radius 1 is 1.47 bits per heavy atom. The zero-order valence-corrected chi connectivity index (χ0v) is 8.80. The lowest BCUT2D eigenvalue weighted by atomic mass is 10.3. The van der Waals surface area contributed by atoms with E-state index in [2.05, 4.69) is 0 Å². The molecule has 1 heterocycles. The summed E-state index contributed by atoms with van der Waals surface area (Å²) in [4.78, 5) is 23.3. The summed E-state index contributed by atoms with van der Waals surface area (Å²) in [5.41, 5.74) is 0.243. The van der Waals surface area contributed by atoms with Crippen molar-refractivity contribution in [2.45, 2.75) is 13.0 Å². The number of aromatic carboxylic acids is 1. The summed E-state index contributed by atoms with van der Waals surface area (Å²) in [5.74, 6) is -0.923. The second-order valence-electron chi connectivity index (χ2n) is 3.48. The van der Waals surface area contributed by atoms with Crippen LogP contribution < -0.4 is 0 Å². The molecule has 0 aliphatic rings. The zero-order chi connectivity index (χ0) is 11.4. The van der Waals surface area contributed by atoms with Crippen molar-refractivity contribution in [3.63, 3.8) is 0 Å². The number of hydrogen-bond donors (Lipinski definition) is 1. The molecular formula is C10H14N2O3. The van der Waals surface area contributed by atoms with Gasteiger partial charge in [0.1, 0.15) is 0 Å². The number of carboxylic acid groups (broad SMARTS) is 1. The van der Waals surface area contributed by atoms with E-state index in [4.69, 9.17) is 5.11 Å². The van der Waals surface area contributed by atoms with Crippen LogP contribution in [0, 0.1) is 0 Å². The van der Waals surface area contributed by atoms with E-state index in [1.807, 2.05) is 0 Å². The number of aromatic nitrogens is 1. The summed E-state index contributed by atoms with van der Waals surface area (Å²) in [7, 11) is 3.39. The van der Waals surface area contributed by atoms with Crippen LogP contribution >= 0.6 is 0 Å². The molecule has 0 unspecified atom stereocenters. The summed E-state index contributed by atoms with van der Waals surface area (Å²) < 4.78 is 1.70. The minimum absolute atomic E-state index is 0.0283. The highest BCUT2D eigenvalue weighted by Crippen LogP contribution is 2.02. The first kappa shape index (κ1) is 11.3. The van der Waals surface area contributed by atoms with Crippen molar-refractivity contribution in [2.75, 3.05) is 14.1 Å². The molecule has 0 saturated heterocycles. The number of rotatable bonds is 4. The Morgan fingerprint density at radius 3 is 2.60 bits per heavy atom. The van der Waals surface area contributed by atoms with Gasteiger partial charge in [-0.25, -0.2) is 4.79 Å². The Labute approximate surface area is 87.9 Å². The molecule has 0 fully saturated rings. The van der Waals surface area contributed by atoms with Crippen molar-refractivity contribution in [1.29, 1.82) is 0 Å². The molecule has 0 atom stereocenters. The van der Waals surface area contributed by atoms with Gasteiger partial charge in [0.05, 0.1) is 5.56 Å². The maximum Gasteiger partial charge on any atom is 0.337 e. The summed E-state index contributed by atoms with van der Waals surface area (Å²) in [6, 6.07) is 1.52. The van der Waals surface area contributed by atoms with Crippen LogP contribution in [-0.2, 0) is 11.3 Å². The van der Waals surface area contributed by atoms with Gasteiger partial charge in [0.2, 0.25) is 5.91 Å². The highest BCUT2D eigenvalue weighted by atomic mass is 16.4. The van der Waals surface area contributed by atoms with Gasteiger partial charge in [-0.05, 0) is 6.07 Å². The van der Waals surface area contributed by atoms with Gasteiger partial charge in [-0.15, -0.1) is 0 Å². The first-order valence-corrected chi connectivity index (χ1v) is 4.60. The maximum absolute atomic E-state index is 11.3. The average molecular weight is 210 g/mol. The highest BCUT2D eigenvalue weighted by Gasteiger charge is 2.06. The van der Waals surface area contributed by atoms with Gasteiger partial charge >= 0.3 is 5.97 Å². The van der Waals surface area contributed by atoms with Crippen molar-refractivity contribution in [2.24, 2.45) is 0 Å². The number of hydrogen-bond acceptors (Lipinski definition) is 2. The topological polar surface area (TPSA) is 62.5 Å². The molecule has 1 aromatic rings. The molecule has 1 rings (SSSR count). The third kappa shape index (κ3) is 3.12. The largest absolute Gasteiger partial charge is 0.478 e. The molecule has 0 radical (unpaired) electrons. The summed E-state index contributed by atoms with van der Waals surface area (Å²) in [5, 5.41) is 8.68. The molecule has 0 aliphatic heterocycles. The molecule has 0 bridgehead atoms. The molecule has 0 saturated carbocycles.